The van der Waals surface area contributed by atoms with Crippen LogP contribution in [0.3, 0.4) is 0 Å². The molecule has 5 heteroatoms. The van der Waals surface area contributed by atoms with E-state index in [1.807, 2.05) is 7.05 Å². The fraction of sp³-hybridized carbons (Fsp3) is 1.00. The van der Waals surface area contributed by atoms with Crippen molar-refractivity contribution in [3.8, 4) is 0 Å². The third-order valence-corrected chi connectivity index (χ3v) is 4.59. The maximum atomic E-state index is 4.36. The Kier molecular flexibility index (Phi) is 2.85. The minimum Gasteiger partial charge on any atom is -0.292 e. The second-order valence-electron chi connectivity index (χ2n) is 2.65. The van der Waals surface area contributed by atoms with Crippen LogP contribution in [0.4, 0.5) is 0 Å². The standard InChI is InChI=1S/C5H11NS4/c1-6-2-5(9,10)3(7)4(6)8/h3-4,7-10H,2H2,1H3. The van der Waals surface area contributed by atoms with Crippen LogP contribution >= 0.6 is 50.5 Å². The van der Waals surface area contributed by atoms with E-state index in [1.54, 1.807) is 0 Å². The monoisotopic (exact) mass is 213 g/mol. The van der Waals surface area contributed by atoms with Crippen molar-refractivity contribution in [3.05, 3.63) is 0 Å². The zero-order chi connectivity index (χ0) is 7.94. The topological polar surface area (TPSA) is 3.24 Å². The zero-order valence-corrected chi connectivity index (χ0v) is 9.18. The number of hydrogen-bond donors (Lipinski definition) is 4. The Hall–Kier alpha value is 1.36. The molecule has 1 fully saturated rings. The summed E-state index contributed by atoms with van der Waals surface area (Å²) in [6.07, 6.45) is 0. The highest BCUT2D eigenvalue weighted by Gasteiger charge is 2.43. The van der Waals surface area contributed by atoms with Gasteiger partial charge in [0.15, 0.2) is 0 Å². The molecule has 0 radical (unpaired) electrons. The van der Waals surface area contributed by atoms with Crippen LogP contribution in [0.5, 0.6) is 0 Å². The maximum absolute atomic E-state index is 4.36. The molecular formula is C5H11NS4. The van der Waals surface area contributed by atoms with Gasteiger partial charge in [0, 0.05) is 6.54 Å². The SMILES string of the molecule is CN1CC(S)(S)C(S)C1S. The molecule has 1 aliphatic rings. The van der Waals surface area contributed by atoms with E-state index in [2.05, 4.69) is 55.4 Å². The Morgan fingerprint density at radius 2 is 1.90 bits per heavy atom. The molecule has 1 heterocycles. The van der Waals surface area contributed by atoms with Gasteiger partial charge in [-0.1, -0.05) is 0 Å². The Morgan fingerprint density at radius 3 is 2.00 bits per heavy atom. The molecule has 0 aromatic heterocycles. The van der Waals surface area contributed by atoms with Gasteiger partial charge in [0.2, 0.25) is 0 Å². The zero-order valence-electron chi connectivity index (χ0n) is 5.60. The predicted octanol–water partition coefficient (Wildman–Crippen LogP) is 1.04. The van der Waals surface area contributed by atoms with Crippen LogP contribution < -0.4 is 0 Å². The van der Waals surface area contributed by atoms with Crippen LogP contribution in [-0.2, 0) is 0 Å². The summed E-state index contributed by atoms with van der Waals surface area (Å²) in [6.45, 7) is 0.821. The number of likely N-dealkylation sites (tertiary alicyclic amines) is 1. The second-order valence-corrected chi connectivity index (χ2v) is 5.69. The second kappa shape index (κ2) is 3.01. The normalized spacial score (nSPS) is 40.5. The van der Waals surface area contributed by atoms with Crippen molar-refractivity contribution in [1.82, 2.24) is 4.90 Å². The Balaban J connectivity index is 2.71. The highest BCUT2D eigenvalue weighted by molar-refractivity contribution is 8.02. The van der Waals surface area contributed by atoms with Crippen molar-refractivity contribution < 1.29 is 0 Å². The number of rotatable bonds is 0. The fourth-order valence-electron chi connectivity index (χ4n) is 1.03. The van der Waals surface area contributed by atoms with Gasteiger partial charge >= 0.3 is 0 Å². The third kappa shape index (κ3) is 1.58. The Bertz CT molecular complexity index is 138. The molecule has 0 N–H and O–H groups in total. The molecule has 0 aliphatic carbocycles. The lowest BCUT2D eigenvalue weighted by Gasteiger charge is -2.19. The van der Waals surface area contributed by atoms with E-state index in [4.69, 9.17) is 0 Å². The van der Waals surface area contributed by atoms with Crippen molar-refractivity contribution in [2.45, 2.75) is 14.7 Å². The molecule has 2 atom stereocenters. The third-order valence-electron chi connectivity index (χ3n) is 1.69. The molecule has 0 spiro atoms. The lowest BCUT2D eigenvalue weighted by atomic mass is 10.3. The first-order chi connectivity index (χ1) is 4.45. The Labute approximate surface area is 83.6 Å². The van der Waals surface area contributed by atoms with Crippen molar-refractivity contribution >= 4 is 50.5 Å². The summed E-state index contributed by atoms with van der Waals surface area (Å²) in [5.74, 6) is 0. The van der Waals surface area contributed by atoms with Gasteiger partial charge in [-0.2, -0.15) is 50.5 Å². The van der Waals surface area contributed by atoms with Gasteiger partial charge in [0.25, 0.3) is 0 Å². The summed E-state index contributed by atoms with van der Waals surface area (Å²) < 4.78 is -0.301. The van der Waals surface area contributed by atoms with E-state index in [0.29, 0.717) is 0 Å². The first-order valence-electron chi connectivity index (χ1n) is 2.96. The molecule has 1 nitrogen and oxygen atoms in total. The van der Waals surface area contributed by atoms with Gasteiger partial charge < -0.3 is 0 Å². The van der Waals surface area contributed by atoms with Gasteiger partial charge in [-0.3, -0.25) is 4.90 Å². The van der Waals surface area contributed by atoms with Gasteiger partial charge in [-0.25, -0.2) is 0 Å². The van der Waals surface area contributed by atoms with Crippen LogP contribution in [0.2, 0.25) is 0 Å². The van der Waals surface area contributed by atoms with E-state index >= 15 is 0 Å². The van der Waals surface area contributed by atoms with Crippen LogP contribution in [0, 0.1) is 0 Å². The van der Waals surface area contributed by atoms with Crippen molar-refractivity contribution in [2.24, 2.45) is 0 Å². The summed E-state index contributed by atoms with van der Waals surface area (Å²) in [7, 11) is 2.00. The van der Waals surface area contributed by atoms with Crippen LogP contribution in [-0.4, -0.2) is 33.2 Å². The maximum Gasteiger partial charge on any atom is 0.0817 e. The van der Waals surface area contributed by atoms with E-state index in [0.717, 1.165) is 6.54 Å². The lowest BCUT2D eigenvalue weighted by molar-refractivity contribution is 0.394. The number of hydrogen-bond acceptors (Lipinski definition) is 5. The van der Waals surface area contributed by atoms with Crippen molar-refractivity contribution in [3.63, 3.8) is 0 Å². The van der Waals surface area contributed by atoms with E-state index in [1.165, 1.54) is 0 Å². The van der Waals surface area contributed by atoms with Gasteiger partial charge in [0.1, 0.15) is 0 Å². The quantitative estimate of drug-likeness (QED) is 0.346. The van der Waals surface area contributed by atoms with Crippen molar-refractivity contribution in [1.29, 1.82) is 0 Å². The first kappa shape index (κ1) is 9.45. The highest BCUT2D eigenvalue weighted by atomic mass is 32.2. The minimum absolute atomic E-state index is 0.118. The minimum atomic E-state index is -0.301. The van der Waals surface area contributed by atoms with Gasteiger partial charge in [-0.05, 0) is 7.05 Å². The molecule has 0 amide bonds. The Morgan fingerprint density at radius 1 is 1.40 bits per heavy atom. The summed E-state index contributed by atoms with van der Waals surface area (Å²) in [5, 5.41) is 0.283. The average molecular weight is 213 g/mol. The molecule has 0 aromatic carbocycles. The van der Waals surface area contributed by atoms with E-state index in [-0.39, 0.29) is 14.7 Å². The van der Waals surface area contributed by atoms with Crippen LogP contribution in [0.15, 0.2) is 0 Å². The molecule has 0 bridgehead atoms. The largest absolute Gasteiger partial charge is 0.292 e. The van der Waals surface area contributed by atoms with Crippen LogP contribution in [0.1, 0.15) is 0 Å². The molecule has 1 aliphatic heterocycles. The lowest BCUT2D eigenvalue weighted by Crippen LogP contribution is -2.26. The van der Waals surface area contributed by atoms with E-state index in [9.17, 15) is 0 Å². The number of thiol groups is 4. The molecule has 60 valence electrons. The van der Waals surface area contributed by atoms with Gasteiger partial charge in [-0.15, -0.1) is 0 Å². The van der Waals surface area contributed by atoms with Gasteiger partial charge in [0.05, 0.1) is 14.7 Å². The molecule has 2 unspecified atom stereocenters. The van der Waals surface area contributed by atoms with E-state index < -0.39 is 0 Å². The summed E-state index contributed by atoms with van der Waals surface area (Å²) >= 11 is 17.4. The summed E-state index contributed by atoms with van der Waals surface area (Å²) in [5.41, 5.74) is 0. The predicted molar refractivity (Wildman–Crippen MR) is 58.9 cm³/mol. The molecule has 0 saturated carbocycles. The smallest absolute Gasteiger partial charge is 0.0817 e. The molecule has 1 rings (SSSR count). The molecule has 10 heavy (non-hydrogen) atoms. The first-order valence-corrected chi connectivity index (χ1v) is 4.89. The fourth-order valence-corrected chi connectivity index (χ4v) is 2.64. The molecular weight excluding hydrogens is 202 g/mol. The van der Waals surface area contributed by atoms with Crippen molar-refractivity contribution in [2.75, 3.05) is 13.6 Å². The highest BCUT2D eigenvalue weighted by Crippen LogP contribution is 2.39. The molecule has 0 aromatic rings. The summed E-state index contributed by atoms with van der Waals surface area (Å²) in [4.78, 5) is 2.08. The average Bonchev–Trinajstić information content (AvgIpc) is 1.95. The number of nitrogens with zero attached hydrogens (tertiary/aromatic N) is 1. The molecule has 1 saturated heterocycles. The van der Waals surface area contributed by atoms with Crippen LogP contribution in [0.25, 0.3) is 0 Å². The summed E-state index contributed by atoms with van der Waals surface area (Å²) in [6, 6.07) is 0.